The Kier molecular flexibility index (Phi) is 8.18. The van der Waals surface area contributed by atoms with Crippen LogP contribution in [0.5, 0.6) is 17.4 Å². The minimum Gasteiger partial charge on any atom is -0.481 e. The number of aromatic nitrogens is 2. The van der Waals surface area contributed by atoms with Crippen molar-refractivity contribution in [1.82, 2.24) is 9.97 Å². The van der Waals surface area contributed by atoms with Crippen molar-refractivity contribution in [3.63, 3.8) is 0 Å². The van der Waals surface area contributed by atoms with Gasteiger partial charge in [0.25, 0.3) is 5.91 Å². The van der Waals surface area contributed by atoms with E-state index in [0.29, 0.717) is 22.5 Å². The number of halogens is 4. The van der Waals surface area contributed by atoms with E-state index < -0.39 is 29.7 Å². The molecule has 1 N–H and O–H groups in total. The van der Waals surface area contributed by atoms with Gasteiger partial charge in [-0.25, -0.2) is 14.8 Å². The highest BCUT2D eigenvalue weighted by Crippen LogP contribution is 2.35. The maximum absolute atomic E-state index is 12.7. The Morgan fingerprint density at radius 3 is 2.46 bits per heavy atom. The summed E-state index contributed by atoms with van der Waals surface area (Å²) in [6.07, 6.45) is -4.86. The third-order valence-electron chi connectivity index (χ3n) is 4.34. The van der Waals surface area contributed by atoms with Gasteiger partial charge in [0.2, 0.25) is 5.88 Å². The van der Waals surface area contributed by atoms with Crippen LogP contribution in [-0.2, 0) is 15.7 Å². The Morgan fingerprint density at radius 2 is 1.86 bits per heavy atom. The first kappa shape index (κ1) is 26.2. The Balaban J connectivity index is 1.59. The van der Waals surface area contributed by atoms with Crippen LogP contribution in [0.1, 0.15) is 34.8 Å². The summed E-state index contributed by atoms with van der Waals surface area (Å²) in [4.78, 5) is 32.4. The molecule has 0 aliphatic rings. The van der Waals surface area contributed by atoms with Gasteiger partial charge in [-0.15, -0.1) is 0 Å². The molecule has 0 fully saturated rings. The number of anilines is 1. The van der Waals surface area contributed by atoms with Gasteiger partial charge in [0.05, 0.1) is 17.9 Å². The maximum Gasteiger partial charge on any atom is 0.417 e. The van der Waals surface area contributed by atoms with Gasteiger partial charge in [0, 0.05) is 6.20 Å². The summed E-state index contributed by atoms with van der Waals surface area (Å²) in [6.45, 7) is 5.07. The normalized spacial score (nSPS) is 12.1. The fourth-order valence-corrected chi connectivity index (χ4v) is 3.72. The van der Waals surface area contributed by atoms with Crippen LogP contribution in [0.4, 0.5) is 18.3 Å². The number of esters is 1. The van der Waals surface area contributed by atoms with Gasteiger partial charge in [-0.1, -0.05) is 22.9 Å². The summed E-state index contributed by atoms with van der Waals surface area (Å²) in [6, 6.07) is 6.69. The number of carbonyl (C=O) groups excluding carboxylic acids is 2. The molecule has 0 saturated carbocycles. The monoisotopic (exact) mass is 529 g/mol. The van der Waals surface area contributed by atoms with Gasteiger partial charge < -0.3 is 14.2 Å². The van der Waals surface area contributed by atoms with Crippen molar-refractivity contribution < 1.29 is 37.0 Å². The molecule has 0 aliphatic heterocycles. The van der Waals surface area contributed by atoms with Gasteiger partial charge in [0.15, 0.2) is 11.2 Å². The number of benzene rings is 1. The highest BCUT2D eigenvalue weighted by Gasteiger charge is 2.32. The Labute approximate surface area is 207 Å². The zero-order valence-corrected chi connectivity index (χ0v) is 20.2. The Morgan fingerprint density at radius 1 is 1.20 bits per heavy atom. The first-order valence-corrected chi connectivity index (χ1v) is 11.3. The smallest absolute Gasteiger partial charge is 0.417 e. The molecule has 3 aromatic rings. The zero-order valence-electron chi connectivity index (χ0n) is 18.6. The number of nitrogens with zero attached hydrogens (tertiary/aromatic N) is 2. The van der Waals surface area contributed by atoms with E-state index in [0.717, 1.165) is 17.4 Å². The van der Waals surface area contributed by atoms with Gasteiger partial charge in [-0.3, -0.25) is 10.1 Å². The highest BCUT2D eigenvalue weighted by atomic mass is 35.5. The third kappa shape index (κ3) is 6.83. The van der Waals surface area contributed by atoms with E-state index in [9.17, 15) is 22.8 Å². The predicted molar refractivity (Wildman–Crippen MR) is 122 cm³/mol. The largest absolute Gasteiger partial charge is 0.481 e. The van der Waals surface area contributed by atoms with Crippen molar-refractivity contribution in [2.75, 3.05) is 11.9 Å². The number of carbonyl (C=O) groups is 2. The minimum absolute atomic E-state index is 0.193. The van der Waals surface area contributed by atoms with E-state index in [4.69, 9.17) is 25.8 Å². The van der Waals surface area contributed by atoms with Crippen LogP contribution in [-0.4, -0.2) is 34.6 Å². The lowest BCUT2D eigenvalue weighted by Crippen LogP contribution is -2.30. The standard InChI is InChI=1S/C22H19ClF3N3O5S/c1-4-32-20(31)17-11(2)28-21(35-17)29-18(30)12(3)33-14-5-7-15(8-6-14)34-19-16(23)9-13(10-27-19)22(24,25)26/h5-10,12H,4H2,1-3H3,(H,28,29,30)/t12-/m1/s1. The number of rotatable bonds is 8. The molecule has 0 unspecified atom stereocenters. The summed E-state index contributed by atoms with van der Waals surface area (Å²) in [5.41, 5.74) is -0.550. The van der Waals surface area contributed by atoms with Crippen LogP contribution in [0.25, 0.3) is 0 Å². The van der Waals surface area contributed by atoms with E-state index in [1.54, 1.807) is 13.8 Å². The molecule has 13 heteroatoms. The average Bonchev–Trinajstić information content (AvgIpc) is 3.15. The van der Waals surface area contributed by atoms with E-state index in [1.165, 1.54) is 31.2 Å². The lowest BCUT2D eigenvalue weighted by atomic mass is 10.3. The maximum atomic E-state index is 12.7. The van der Waals surface area contributed by atoms with Crippen molar-refractivity contribution in [3.8, 4) is 17.4 Å². The van der Waals surface area contributed by atoms with Gasteiger partial charge in [-0.2, -0.15) is 13.2 Å². The van der Waals surface area contributed by atoms with Crippen LogP contribution in [0.3, 0.4) is 0 Å². The molecule has 3 rings (SSSR count). The molecule has 0 radical (unpaired) electrons. The first-order valence-electron chi connectivity index (χ1n) is 10.1. The van der Waals surface area contributed by atoms with Crippen molar-refractivity contribution >= 4 is 39.9 Å². The number of pyridine rings is 1. The molecule has 0 spiro atoms. The molecule has 0 saturated heterocycles. The fourth-order valence-electron chi connectivity index (χ4n) is 2.65. The van der Waals surface area contributed by atoms with Gasteiger partial charge in [0.1, 0.15) is 21.4 Å². The number of hydrogen-bond acceptors (Lipinski definition) is 8. The first-order chi connectivity index (χ1) is 16.5. The number of alkyl halides is 3. The molecular weight excluding hydrogens is 511 g/mol. The van der Waals surface area contributed by atoms with Crippen molar-refractivity contribution in [1.29, 1.82) is 0 Å². The van der Waals surface area contributed by atoms with E-state index >= 15 is 0 Å². The zero-order chi connectivity index (χ0) is 25.8. The molecule has 2 heterocycles. The third-order valence-corrected chi connectivity index (χ3v) is 5.67. The van der Waals surface area contributed by atoms with Gasteiger partial charge >= 0.3 is 12.1 Å². The highest BCUT2D eigenvalue weighted by molar-refractivity contribution is 7.17. The summed E-state index contributed by atoms with van der Waals surface area (Å²) in [5, 5.41) is 2.53. The minimum atomic E-state index is -4.57. The van der Waals surface area contributed by atoms with Crippen molar-refractivity contribution in [2.24, 2.45) is 0 Å². The molecular formula is C22H19ClF3N3O5S. The van der Waals surface area contributed by atoms with Crippen LogP contribution < -0.4 is 14.8 Å². The van der Waals surface area contributed by atoms with Crippen molar-refractivity contribution in [2.45, 2.75) is 33.1 Å². The Hall–Kier alpha value is -3.38. The predicted octanol–water partition coefficient (Wildman–Crippen LogP) is 5.89. The summed E-state index contributed by atoms with van der Waals surface area (Å²) < 4.78 is 54.2. The Bertz CT molecular complexity index is 1220. The lowest BCUT2D eigenvalue weighted by molar-refractivity contribution is -0.137. The SMILES string of the molecule is CCOC(=O)c1sc(NC(=O)[C@@H](C)Oc2ccc(Oc3ncc(C(F)(F)F)cc3Cl)cc2)nc1C. The van der Waals surface area contributed by atoms with Crippen LogP contribution in [0.15, 0.2) is 36.5 Å². The fraction of sp³-hybridized carbons (Fsp3) is 0.273. The second-order valence-electron chi connectivity index (χ2n) is 6.99. The van der Waals surface area contributed by atoms with Crippen LogP contribution in [0.2, 0.25) is 5.02 Å². The topological polar surface area (TPSA) is 99.6 Å². The van der Waals surface area contributed by atoms with Crippen molar-refractivity contribution in [3.05, 3.63) is 57.7 Å². The number of thiazole rings is 1. The van der Waals surface area contributed by atoms with Gasteiger partial charge in [-0.05, 0) is 51.1 Å². The molecule has 1 aromatic carbocycles. The molecule has 1 amide bonds. The number of hydrogen-bond donors (Lipinski definition) is 1. The number of nitrogens with one attached hydrogen (secondary N) is 1. The quantitative estimate of drug-likeness (QED) is 0.363. The summed E-state index contributed by atoms with van der Waals surface area (Å²) in [7, 11) is 0. The van der Waals surface area contributed by atoms with Crippen LogP contribution >= 0.6 is 22.9 Å². The lowest BCUT2D eigenvalue weighted by Gasteiger charge is -2.14. The van der Waals surface area contributed by atoms with E-state index in [2.05, 4.69) is 15.3 Å². The summed E-state index contributed by atoms with van der Waals surface area (Å²) in [5.74, 6) is -0.623. The summed E-state index contributed by atoms with van der Waals surface area (Å²) >= 11 is 6.84. The number of aryl methyl sites for hydroxylation is 1. The second-order valence-corrected chi connectivity index (χ2v) is 8.39. The van der Waals surface area contributed by atoms with E-state index in [-0.39, 0.29) is 28.4 Å². The number of amides is 1. The van der Waals surface area contributed by atoms with E-state index in [1.807, 2.05) is 0 Å². The molecule has 0 bridgehead atoms. The molecule has 1 atom stereocenters. The molecule has 0 aliphatic carbocycles. The van der Waals surface area contributed by atoms with Crippen LogP contribution in [0, 0.1) is 6.92 Å². The molecule has 186 valence electrons. The average molecular weight is 530 g/mol. The molecule has 35 heavy (non-hydrogen) atoms. The number of ether oxygens (including phenoxy) is 3. The second kappa shape index (κ2) is 10.9. The molecule has 8 nitrogen and oxygen atoms in total. The molecule has 2 aromatic heterocycles.